The number of carbonyl (C=O) groups is 2. The Balaban J connectivity index is 1.89. The van der Waals surface area contributed by atoms with E-state index in [9.17, 15) is 9.59 Å². The molecule has 1 aromatic rings. The van der Waals surface area contributed by atoms with Crippen LogP contribution in [0.1, 0.15) is 32.3 Å². The van der Waals surface area contributed by atoms with Gasteiger partial charge in [0.1, 0.15) is 0 Å². The topological polar surface area (TPSA) is 69.6 Å². The first kappa shape index (κ1) is 15.4. The van der Waals surface area contributed by atoms with Crippen molar-refractivity contribution in [2.75, 3.05) is 18.4 Å². The molecule has 0 saturated carbocycles. The second-order valence-corrected chi connectivity index (χ2v) is 6.00. The molecule has 2 rings (SSSR count). The molecular formula is C16H22N2O3. The summed E-state index contributed by atoms with van der Waals surface area (Å²) in [4.78, 5) is 24.6. The standard InChI is InChI=1S/C16H22N2O3/c1-10(2)12-5-4-6-14(7-12)17-16(21)18-8-13(9-18)11(3)15(19)20/h4-7,10-11,13H,8-9H2,1-3H3,(H,17,21)(H,19,20). The summed E-state index contributed by atoms with van der Waals surface area (Å²) in [6, 6.07) is 7.63. The summed E-state index contributed by atoms with van der Waals surface area (Å²) in [5.74, 6) is -0.745. The smallest absolute Gasteiger partial charge is 0.321 e. The van der Waals surface area contributed by atoms with Crippen molar-refractivity contribution in [1.29, 1.82) is 0 Å². The van der Waals surface area contributed by atoms with E-state index in [1.54, 1.807) is 11.8 Å². The zero-order chi connectivity index (χ0) is 15.6. The molecule has 1 aliphatic heterocycles. The van der Waals surface area contributed by atoms with Crippen molar-refractivity contribution in [2.24, 2.45) is 11.8 Å². The molecule has 1 aromatic carbocycles. The van der Waals surface area contributed by atoms with E-state index >= 15 is 0 Å². The Morgan fingerprint density at radius 3 is 2.52 bits per heavy atom. The summed E-state index contributed by atoms with van der Waals surface area (Å²) in [6.45, 7) is 6.91. The Morgan fingerprint density at radius 1 is 1.29 bits per heavy atom. The van der Waals surface area contributed by atoms with Gasteiger partial charge in [0.25, 0.3) is 0 Å². The first-order chi connectivity index (χ1) is 9.88. The number of urea groups is 1. The van der Waals surface area contributed by atoms with Crippen LogP contribution >= 0.6 is 0 Å². The van der Waals surface area contributed by atoms with Crippen LogP contribution in [-0.4, -0.2) is 35.1 Å². The Kier molecular flexibility index (Phi) is 4.50. The van der Waals surface area contributed by atoms with Gasteiger partial charge in [0.2, 0.25) is 0 Å². The highest BCUT2D eigenvalue weighted by Gasteiger charge is 2.37. The van der Waals surface area contributed by atoms with Crippen molar-refractivity contribution in [3.05, 3.63) is 29.8 Å². The summed E-state index contributed by atoms with van der Waals surface area (Å²) in [7, 11) is 0. The van der Waals surface area contributed by atoms with Gasteiger partial charge in [0, 0.05) is 24.7 Å². The number of aliphatic carboxylic acids is 1. The molecule has 1 saturated heterocycles. The normalized spacial score (nSPS) is 16.5. The third kappa shape index (κ3) is 3.54. The minimum absolute atomic E-state index is 0.0512. The van der Waals surface area contributed by atoms with E-state index in [-0.39, 0.29) is 11.9 Å². The van der Waals surface area contributed by atoms with Gasteiger partial charge in [-0.3, -0.25) is 4.79 Å². The fourth-order valence-electron chi connectivity index (χ4n) is 2.37. The molecule has 0 aromatic heterocycles. The third-order valence-corrected chi connectivity index (χ3v) is 4.10. The molecule has 21 heavy (non-hydrogen) atoms. The Hall–Kier alpha value is -2.04. The molecule has 1 unspecified atom stereocenters. The second-order valence-electron chi connectivity index (χ2n) is 6.00. The van der Waals surface area contributed by atoms with E-state index in [0.29, 0.717) is 19.0 Å². The van der Waals surface area contributed by atoms with Crippen LogP contribution in [0.4, 0.5) is 10.5 Å². The van der Waals surface area contributed by atoms with Crippen LogP contribution in [0.15, 0.2) is 24.3 Å². The molecule has 0 radical (unpaired) electrons. The molecule has 114 valence electrons. The second kappa shape index (κ2) is 6.16. The van der Waals surface area contributed by atoms with Crippen molar-refractivity contribution < 1.29 is 14.7 Å². The van der Waals surface area contributed by atoms with Crippen molar-refractivity contribution in [2.45, 2.75) is 26.7 Å². The van der Waals surface area contributed by atoms with Crippen molar-refractivity contribution in [1.82, 2.24) is 4.90 Å². The minimum atomic E-state index is -0.801. The SMILES string of the molecule is CC(C)c1cccc(NC(=O)N2CC(C(C)C(=O)O)C2)c1. The molecular weight excluding hydrogens is 268 g/mol. The van der Waals surface area contributed by atoms with E-state index in [1.807, 2.05) is 24.3 Å². The van der Waals surface area contributed by atoms with E-state index in [1.165, 1.54) is 5.56 Å². The molecule has 1 atom stereocenters. The van der Waals surface area contributed by atoms with E-state index in [4.69, 9.17) is 5.11 Å². The number of hydrogen-bond acceptors (Lipinski definition) is 2. The van der Waals surface area contributed by atoms with Crippen molar-refractivity contribution in [3.8, 4) is 0 Å². The monoisotopic (exact) mass is 290 g/mol. The van der Waals surface area contributed by atoms with Crippen LogP contribution in [-0.2, 0) is 4.79 Å². The number of carbonyl (C=O) groups excluding carboxylic acids is 1. The highest BCUT2D eigenvalue weighted by atomic mass is 16.4. The van der Waals surface area contributed by atoms with Gasteiger partial charge in [-0.1, -0.05) is 32.9 Å². The van der Waals surface area contributed by atoms with Gasteiger partial charge >= 0.3 is 12.0 Å². The summed E-state index contributed by atoms with van der Waals surface area (Å²) in [6.07, 6.45) is 0. The summed E-state index contributed by atoms with van der Waals surface area (Å²) >= 11 is 0. The lowest BCUT2D eigenvalue weighted by molar-refractivity contribution is -0.144. The van der Waals surface area contributed by atoms with Crippen molar-refractivity contribution in [3.63, 3.8) is 0 Å². The molecule has 5 nitrogen and oxygen atoms in total. The van der Waals surface area contributed by atoms with Crippen LogP contribution in [0.5, 0.6) is 0 Å². The molecule has 5 heteroatoms. The molecule has 2 amide bonds. The fraction of sp³-hybridized carbons (Fsp3) is 0.500. The van der Waals surface area contributed by atoms with Gasteiger partial charge in [-0.25, -0.2) is 4.79 Å². The Bertz CT molecular complexity index is 536. The lowest BCUT2D eigenvalue weighted by Crippen LogP contribution is -2.54. The summed E-state index contributed by atoms with van der Waals surface area (Å²) in [5.41, 5.74) is 1.95. The van der Waals surface area contributed by atoms with Gasteiger partial charge in [-0.15, -0.1) is 0 Å². The number of rotatable bonds is 4. The summed E-state index contributed by atoms with van der Waals surface area (Å²) < 4.78 is 0. The minimum Gasteiger partial charge on any atom is -0.481 e. The van der Waals surface area contributed by atoms with Gasteiger partial charge in [0.15, 0.2) is 0 Å². The molecule has 1 heterocycles. The molecule has 0 aliphatic carbocycles. The predicted molar refractivity (Wildman–Crippen MR) is 81.4 cm³/mol. The van der Waals surface area contributed by atoms with Crippen LogP contribution in [0.3, 0.4) is 0 Å². The number of likely N-dealkylation sites (tertiary alicyclic amines) is 1. The number of hydrogen-bond donors (Lipinski definition) is 2. The average Bonchev–Trinajstić information content (AvgIpc) is 2.36. The van der Waals surface area contributed by atoms with Gasteiger partial charge < -0.3 is 15.3 Å². The Labute approximate surface area is 125 Å². The number of carboxylic acids is 1. The molecule has 1 fully saturated rings. The van der Waals surface area contributed by atoms with Crippen molar-refractivity contribution >= 4 is 17.7 Å². The number of nitrogens with zero attached hydrogens (tertiary/aromatic N) is 1. The van der Waals surface area contributed by atoms with Crippen LogP contribution < -0.4 is 5.32 Å². The number of nitrogens with one attached hydrogen (secondary N) is 1. The van der Waals surface area contributed by atoms with E-state index in [2.05, 4.69) is 19.2 Å². The van der Waals surface area contributed by atoms with Gasteiger partial charge in [-0.2, -0.15) is 0 Å². The maximum atomic E-state index is 12.1. The average molecular weight is 290 g/mol. The van der Waals surface area contributed by atoms with Crippen LogP contribution in [0, 0.1) is 11.8 Å². The number of amides is 2. The Morgan fingerprint density at radius 2 is 1.95 bits per heavy atom. The quantitative estimate of drug-likeness (QED) is 0.895. The lowest BCUT2D eigenvalue weighted by Gasteiger charge is -2.41. The molecule has 1 aliphatic rings. The number of anilines is 1. The van der Waals surface area contributed by atoms with Crippen LogP contribution in [0.25, 0.3) is 0 Å². The number of benzene rings is 1. The molecule has 0 spiro atoms. The van der Waals surface area contributed by atoms with Crippen LogP contribution in [0.2, 0.25) is 0 Å². The third-order valence-electron chi connectivity index (χ3n) is 4.10. The van der Waals surface area contributed by atoms with Gasteiger partial charge in [-0.05, 0) is 23.6 Å². The maximum absolute atomic E-state index is 12.1. The first-order valence-corrected chi connectivity index (χ1v) is 7.27. The number of carboxylic acid groups (broad SMARTS) is 1. The van der Waals surface area contributed by atoms with E-state index < -0.39 is 11.9 Å². The fourth-order valence-corrected chi connectivity index (χ4v) is 2.37. The maximum Gasteiger partial charge on any atom is 0.321 e. The zero-order valence-corrected chi connectivity index (χ0v) is 12.7. The molecule has 2 N–H and O–H groups in total. The predicted octanol–water partition coefficient (Wildman–Crippen LogP) is 2.99. The largest absolute Gasteiger partial charge is 0.481 e. The van der Waals surface area contributed by atoms with Gasteiger partial charge in [0.05, 0.1) is 5.92 Å². The highest BCUT2D eigenvalue weighted by molar-refractivity contribution is 5.90. The lowest BCUT2D eigenvalue weighted by atomic mass is 9.87. The summed E-state index contributed by atoms with van der Waals surface area (Å²) in [5, 5.41) is 11.8. The molecule has 0 bridgehead atoms. The van der Waals surface area contributed by atoms with E-state index in [0.717, 1.165) is 5.69 Å². The highest BCUT2D eigenvalue weighted by Crippen LogP contribution is 2.25. The zero-order valence-electron chi connectivity index (χ0n) is 12.7. The first-order valence-electron chi connectivity index (χ1n) is 7.27.